The summed E-state index contributed by atoms with van der Waals surface area (Å²) in [5.41, 5.74) is 0.717. The van der Waals surface area contributed by atoms with E-state index in [1.54, 1.807) is 18.3 Å². The van der Waals surface area contributed by atoms with Crippen LogP contribution in [-0.2, 0) is 9.53 Å². The fourth-order valence-electron chi connectivity index (χ4n) is 2.39. The largest absolute Gasteiger partial charge is 0.384 e. The summed E-state index contributed by atoms with van der Waals surface area (Å²) in [6.07, 6.45) is 4.32. The number of anilines is 1. The van der Waals surface area contributed by atoms with Crippen molar-refractivity contribution in [3.63, 3.8) is 0 Å². The highest BCUT2D eigenvalue weighted by atomic mass is 16.5. The topological polar surface area (TPSA) is 71.5 Å². The minimum absolute atomic E-state index is 0.0327. The maximum absolute atomic E-state index is 11.9. The van der Waals surface area contributed by atoms with Crippen molar-refractivity contribution in [2.45, 2.75) is 32.3 Å². The summed E-state index contributed by atoms with van der Waals surface area (Å²) in [6.45, 7) is 2.53. The van der Waals surface area contributed by atoms with E-state index in [1.807, 2.05) is 6.92 Å². The Morgan fingerprint density at radius 2 is 2.38 bits per heavy atom. The predicted molar refractivity (Wildman–Crippen MR) is 79.6 cm³/mol. The Kier molecular flexibility index (Phi) is 5.73. The molecule has 1 heterocycles. The van der Waals surface area contributed by atoms with Crippen molar-refractivity contribution in [2.24, 2.45) is 5.92 Å². The number of nitrogens with zero attached hydrogens (tertiary/aromatic N) is 1. The summed E-state index contributed by atoms with van der Waals surface area (Å²) in [5.74, 6) is 6.21. The van der Waals surface area contributed by atoms with Crippen LogP contribution in [0.4, 0.5) is 5.82 Å². The standard InChI is InChI=1S/C16H20N2O3/c1-2-21-14-8-13(9-14)11-16(20)18-15-10-12(4-3-7-19)5-6-17-15/h5-6,10,13-14,19H,2,7-9,11H2,1H3,(H,17,18,20). The third kappa shape index (κ3) is 4.85. The second-order valence-corrected chi connectivity index (χ2v) is 5.06. The van der Waals surface area contributed by atoms with E-state index >= 15 is 0 Å². The summed E-state index contributed by atoms with van der Waals surface area (Å²) < 4.78 is 5.48. The molecule has 1 aliphatic rings. The third-order valence-electron chi connectivity index (χ3n) is 3.41. The van der Waals surface area contributed by atoms with Crippen LogP contribution in [0, 0.1) is 17.8 Å². The Hall–Kier alpha value is -1.90. The van der Waals surface area contributed by atoms with Gasteiger partial charge in [0.05, 0.1) is 6.10 Å². The Morgan fingerprint density at radius 3 is 3.10 bits per heavy atom. The molecule has 0 aromatic carbocycles. The van der Waals surface area contributed by atoms with E-state index in [4.69, 9.17) is 9.84 Å². The maximum Gasteiger partial charge on any atom is 0.225 e. The lowest BCUT2D eigenvalue weighted by molar-refractivity contribution is -0.119. The van der Waals surface area contributed by atoms with Gasteiger partial charge in [0, 0.05) is 24.8 Å². The number of hydrogen-bond acceptors (Lipinski definition) is 4. The van der Waals surface area contributed by atoms with E-state index in [-0.39, 0.29) is 12.5 Å². The lowest BCUT2D eigenvalue weighted by Gasteiger charge is -2.34. The Bertz CT molecular complexity index is 542. The number of carbonyl (C=O) groups is 1. The first-order valence-corrected chi connectivity index (χ1v) is 7.18. The lowest BCUT2D eigenvalue weighted by atomic mass is 9.80. The molecule has 1 saturated carbocycles. The van der Waals surface area contributed by atoms with Crippen LogP contribution in [0.1, 0.15) is 31.7 Å². The van der Waals surface area contributed by atoms with Crippen LogP contribution in [-0.4, -0.2) is 35.3 Å². The highest BCUT2D eigenvalue weighted by molar-refractivity contribution is 5.90. The number of aromatic nitrogens is 1. The zero-order valence-electron chi connectivity index (χ0n) is 12.1. The average molecular weight is 288 g/mol. The number of carbonyl (C=O) groups excluding carboxylic acids is 1. The Balaban J connectivity index is 1.80. The highest BCUT2D eigenvalue weighted by Gasteiger charge is 2.31. The molecule has 0 saturated heterocycles. The molecule has 2 N–H and O–H groups in total. The van der Waals surface area contributed by atoms with Gasteiger partial charge in [-0.1, -0.05) is 11.8 Å². The van der Waals surface area contributed by atoms with Crippen molar-refractivity contribution in [1.82, 2.24) is 4.98 Å². The SMILES string of the molecule is CCOC1CC(CC(=O)Nc2cc(C#CCO)ccn2)C1. The normalized spacial score (nSPS) is 20.1. The molecule has 1 amide bonds. The van der Waals surface area contributed by atoms with Crippen LogP contribution < -0.4 is 5.32 Å². The molecule has 1 aliphatic carbocycles. The van der Waals surface area contributed by atoms with Crippen LogP contribution in [0.5, 0.6) is 0 Å². The summed E-state index contributed by atoms with van der Waals surface area (Å²) in [5, 5.41) is 11.4. The van der Waals surface area contributed by atoms with Crippen molar-refractivity contribution in [3.8, 4) is 11.8 Å². The molecule has 0 unspecified atom stereocenters. The van der Waals surface area contributed by atoms with Crippen LogP contribution in [0.2, 0.25) is 0 Å². The van der Waals surface area contributed by atoms with Gasteiger partial charge >= 0.3 is 0 Å². The summed E-state index contributed by atoms with van der Waals surface area (Å²) in [4.78, 5) is 16.0. The summed E-state index contributed by atoms with van der Waals surface area (Å²) in [7, 11) is 0. The van der Waals surface area contributed by atoms with Crippen LogP contribution in [0.25, 0.3) is 0 Å². The van der Waals surface area contributed by atoms with Crippen LogP contribution in [0.15, 0.2) is 18.3 Å². The van der Waals surface area contributed by atoms with Crippen molar-refractivity contribution in [1.29, 1.82) is 0 Å². The van der Waals surface area contributed by atoms with Crippen molar-refractivity contribution >= 4 is 11.7 Å². The van der Waals surface area contributed by atoms with Gasteiger partial charge in [-0.15, -0.1) is 0 Å². The van der Waals surface area contributed by atoms with E-state index in [1.165, 1.54) is 0 Å². The molecule has 0 spiro atoms. The number of nitrogens with one attached hydrogen (secondary N) is 1. The van der Waals surface area contributed by atoms with Crippen LogP contribution >= 0.6 is 0 Å². The average Bonchev–Trinajstić information content (AvgIpc) is 2.43. The van der Waals surface area contributed by atoms with E-state index < -0.39 is 0 Å². The van der Waals surface area contributed by atoms with Gasteiger partial charge in [-0.3, -0.25) is 4.79 Å². The second kappa shape index (κ2) is 7.77. The molecule has 1 aromatic rings. The number of aliphatic hydroxyl groups excluding tert-OH is 1. The first-order chi connectivity index (χ1) is 10.2. The van der Waals surface area contributed by atoms with Gasteiger partial charge in [-0.25, -0.2) is 4.98 Å². The highest BCUT2D eigenvalue weighted by Crippen LogP contribution is 2.32. The van der Waals surface area contributed by atoms with Crippen molar-refractivity contribution in [2.75, 3.05) is 18.5 Å². The zero-order chi connectivity index (χ0) is 15.1. The zero-order valence-corrected chi connectivity index (χ0v) is 12.1. The van der Waals surface area contributed by atoms with Crippen molar-refractivity contribution < 1.29 is 14.6 Å². The smallest absolute Gasteiger partial charge is 0.225 e. The molecule has 21 heavy (non-hydrogen) atoms. The molecule has 0 bridgehead atoms. The van der Waals surface area contributed by atoms with Crippen molar-refractivity contribution in [3.05, 3.63) is 23.9 Å². The molecule has 1 aromatic heterocycles. The molecule has 0 atom stereocenters. The van der Waals surface area contributed by atoms with Gasteiger partial charge in [0.1, 0.15) is 12.4 Å². The molecule has 112 valence electrons. The van der Waals surface area contributed by atoms with E-state index in [9.17, 15) is 4.79 Å². The lowest BCUT2D eigenvalue weighted by Crippen LogP contribution is -2.33. The van der Waals surface area contributed by atoms with Gasteiger partial charge in [0.25, 0.3) is 0 Å². The maximum atomic E-state index is 11.9. The van der Waals surface area contributed by atoms with Gasteiger partial charge < -0.3 is 15.2 Å². The van der Waals surface area contributed by atoms with Crippen LogP contribution in [0.3, 0.4) is 0 Å². The van der Waals surface area contributed by atoms with Gasteiger partial charge in [-0.05, 0) is 37.8 Å². The second-order valence-electron chi connectivity index (χ2n) is 5.06. The number of amides is 1. The van der Waals surface area contributed by atoms with E-state index in [0.29, 0.717) is 24.3 Å². The molecule has 1 fully saturated rings. The summed E-state index contributed by atoms with van der Waals surface area (Å²) >= 11 is 0. The van der Waals surface area contributed by atoms with Gasteiger partial charge in [-0.2, -0.15) is 0 Å². The monoisotopic (exact) mass is 288 g/mol. The number of rotatable bonds is 5. The Morgan fingerprint density at radius 1 is 1.57 bits per heavy atom. The number of aliphatic hydroxyl groups is 1. The number of pyridine rings is 1. The minimum Gasteiger partial charge on any atom is -0.384 e. The summed E-state index contributed by atoms with van der Waals surface area (Å²) in [6, 6.07) is 3.43. The molecular weight excluding hydrogens is 268 g/mol. The molecule has 2 rings (SSSR count). The van der Waals surface area contributed by atoms with Gasteiger partial charge in [0.2, 0.25) is 5.91 Å². The fraction of sp³-hybridized carbons (Fsp3) is 0.500. The molecule has 0 aliphatic heterocycles. The number of hydrogen-bond donors (Lipinski definition) is 2. The van der Waals surface area contributed by atoms with Gasteiger partial charge in [0.15, 0.2) is 0 Å². The fourth-order valence-corrected chi connectivity index (χ4v) is 2.39. The molecule has 5 heteroatoms. The van der Waals surface area contributed by atoms with E-state index in [0.717, 1.165) is 25.0 Å². The van der Waals surface area contributed by atoms with E-state index in [2.05, 4.69) is 22.1 Å². The third-order valence-corrected chi connectivity index (χ3v) is 3.41. The Labute approximate surface area is 124 Å². The molecule has 0 radical (unpaired) electrons. The molecule has 5 nitrogen and oxygen atoms in total. The minimum atomic E-state index is -0.188. The first kappa shape index (κ1) is 15.5. The first-order valence-electron chi connectivity index (χ1n) is 7.18. The quantitative estimate of drug-likeness (QED) is 0.807. The predicted octanol–water partition coefficient (Wildman–Crippen LogP) is 1.57. The number of ether oxygens (including phenoxy) is 1. The molecular formula is C16H20N2O3.